The fourth-order valence-electron chi connectivity index (χ4n) is 3.79. The number of ether oxygens (including phenoxy) is 1. The van der Waals surface area contributed by atoms with Crippen molar-refractivity contribution in [3.8, 4) is 0 Å². The molecule has 0 aliphatic carbocycles. The molecule has 2 fully saturated rings. The van der Waals surface area contributed by atoms with Crippen molar-refractivity contribution in [1.82, 2.24) is 15.0 Å². The molecule has 7 heteroatoms. The zero-order chi connectivity index (χ0) is 17.4. The molecule has 1 atom stereocenters. The summed E-state index contributed by atoms with van der Waals surface area (Å²) < 4.78 is 10.9. The van der Waals surface area contributed by atoms with E-state index < -0.39 is 5.60 Å². The van der Waals surface area contributed by atoms with Crippen LogP contribution in [-0.4, -0.2) is 59.2 Å². The van der Waals surface area contributed by atoms with Gasteiger partial charge in [0, 0.05) is 31.9 Å². The van der Waals surface area contributed by atoms with Crippen molar-refractivity contribution in [2.75, 3.05) is 26.7 Å². The summed E-state index contributed by atoms with van der Waals surface area (Å²) in [6.45, 7) is 1.87. The van der Waals surface area contributed by atoms with E-state index in [9.17, 15) is 9.59 Å². The van der Waals surface area contributed by atoms with Crippen LogP contribution >= 0.6 is 0 Å². The first-order chi connectivity index (χ1) is 12.1. The van der Waals surface area contributed by atoms with E-state index in [1.165, 1.54) is 0 Å². The van der Waals surface area contributed by atoms with E-state index in [0.717, 1.165) is 18.2 Å². The van der Waals surface area contributed by atoms with Gasteiger partial charge in [-0.3, -0.25) is 4.79 Å². The molecule has 2 aliphatic heterocycles. The lowest BCUT2D eigenvalue weighted by Crippen LogP contribution is -2.37. The Kier molecular flexibility index (Phi) is 3.86. The van der Waals surface area contributed by atoms with E-state index in [-0.39, 0.29) is 18.4 Å². The second kappa shape index (κ2) is 6.06. The Bertz CT molecular complexity index is 818. The lowest BCUT2D eigenvalue weighted by Gasteiger charge is -2.25. The normalized spacial score (nSPS) is 24.0. The van der Waals surface area contributed by atoms with Gasteiger partial charge in [-0.25, -0.2) is 4.79 Å². The molecule has 2 amide bonds. The number of likely N-dealkylation sites (tertiary alicyclic amines) is 1. The molecule has 4 rings (SSSR count). The molecule has 0 radical (unpaired) electrons. The lowest BCUT2D eigenvalue weighted by molar-refractivity contribution is -0.130. The summed E-state index contributed by atoms with van der Waals surface area (Å²) in [4.78, 5) is 27.9. The van der Waals surface area contributed by atoms with Crippen LogP contribution in [0.15, 0.2) is 28.8 Å². The molecule has 1 aromatic heterocycles. The standard InChI is InChI=1S/C18H21N3O4/c1-20-12-18(24-17(20)23)7-4-9-21(10-8-18)16(22)11-14-13-5-2-3-6-15(13)25-19-14/h2-3,5-6H,4,7-12H2,1H3/t18-/m0/s1. The molecule has 1 aromatic carbocycles. The molecule has 2 aromatic rings. The first-order valence-corrected chi connectivity index (χ1v) is 8.62. The van der Waals surface area contributed by atoms with Gasteiger partial charge in [-0.2, -0.15) is 0 Å². The highest BCUT2D eigenvalue weighted by atomic mass is 16.6. The fourth-order valence-corrected chi connectivity index (χ4v) is 3.79. The molecular formula is C18H21N3O4. The summed E-state index contributed by atoms with van der Waals surface area (Å²) in [7, 11) is 1.75. The Labute approximate surface area is 145 Å². The van der Waals surface area contributed by atoms with Crippen LogP contribution in [0.1, 0.15) is 25.0 Å². The number of likely N-dealkylation sites (N-methyl/N-ethyl adjacent to an activating group) is 1. The molecule has 2 aliphatic rings. The molecule has 0 saturated carbocycles. The van der Waals surface area contributed by atoms with E-state index in [4.69, 9.17) is 9.26 Å². The summed E-state index contributed by atoms with van der Waals surface area (Å²) in [5.41, 5.74) is 0.925. The van der Waals surface area contributed by atoms with Gasteiger partial charge in [0.15, 0.2) is 5.58 Å². The maximum atomic E-state index is 12.7. The minimum atomic E-state index is -0.443. The second-order valence-electron chi connectivity index (χ2n) is 6.94. The summed E-state index contributed by atoms with van der Waals surface area (Å²) >= 11 is 0. The number of para-hydroxylation sites is 1. The largest absolute Gasteiger partial charge is 0.441 e. The molecule has 132 valence electrons. The predicted octanol–water partition coefficient (Wildman–Crippen LogP) is 2.20. The number of fused-ring (bicyclic) bond motifs is 1. The Morgan fingerprint density at radius 1 is 1.28 bits per heavy atom. The van der Waals surface area contributed by atoms with Crippen molar-refractivity contribution < 1.29 is 18.8 Å². The van der Waals surface area contributed by atoms with Crippen LogP contribution < -0.4 is 0 Å². The molecule has 3 heterocycles. The number of benzene rings is 1. The number of rotatable bonds is 2. The molecule has 0 N–H and O–H groups in total. The van der Waals surface area contributed by atoms with Crippen LogP contribution in [0.5, 0.6) is 0 Å². The molecule has 25 heavy (non-hydrogen) atoms. The van der Waals surface area contributed by atoms with Gasteiger partial charge in [-0.1, -0.05) is 17.3 Å². The van der Waals surface area contributed by atoms with E-state index in [0.29, 0.717) is 37.3 Å². The minimum absolute atomic E-state index is 0.0359. The molecule has 0 bridgehead atoms. The highest BCUT2D eigenvalue weighted by Gasteiger charge is 2.44. The van der Waals surface area contributed by atoms with Crippen LogP contribution in [0.3, 0.4) is 0 Å². The summed E-state index contributed by atoms with van der Waals surface area (Å²) in [5.74, 6) is 0.0359. The Morgan fingerprint density at radius 3 is 2.92 bits per heavy atom. The number of carbonyl (C=O) groups is 2. The van der Waals surface area contributed by atoms with Gasteiger partial charge in [0.1, 0.15) is 11.3 Å². The third-order valence-corrected chi connectivity index (χ3v) is 5.16. The zero-order valence-electron chi connectivity index (χ0n) is 14.2. The van der Waals surface area contributed by atoms with E-state index in [1.54, 1.807) is 11.9 Å². The first kappa shape index (κ1) is 15.9. The van der Waals surface area contributed by atoms with Crippen molar-refractivity contribution in [1.29, 1.82) is 0 Å². The van der Waals surface area contributed by atoms with Gasteiger partial charge in [-0.05, 0) is 25.0 Å². The number of amides is 2. The van der Waals surface area contributed by atoms with Gasteiger partial charge >= 0.3 is 6.09 Å². The monoisotopic (exact) mass is 343 g/mol. The summed E-state index contributed by atoms with van der Waals surface area (Å²) in [6, 6.07) is 7.55. The van der Waals surface area contributed by atoms with Gasteiger partial charge in [0.25, 0.3) is 0 Å². The van der Waals surface area contributed by atoms with Crippen molar-refractivity contribution in [3.63, 3.8) is 0 Å². The van der Waals surface area contributed by atoms with Crippen LogP contribution in [0.2, 0.25) is 0 Å². The van der Waals surface area contributed by atoms with Crippen LogP contribution in [0.4, 0.5) is 4.79 Å². The third-order valence-electron chi connectivity index (χ3n) is 5.16. The third kappa shape index (κ3) is 2.94. The van der Waals surface area contributed by atoms with Gasteiger partial charge < -0.3 is 19.1 Å². The zero-order valence-corrected chi connectivity index (χ0v) is 14.2. The van der Waals surface area contributed by atoms with Crippen molar-refractivity contribution >= 4 is 23.0 Å². The minimum Gasteiger partial charge on any atom is -0.441 e. The quantitative estimate of drug-likeness (QED) is 0.835. The SMILES string of the molecule is CN1C[C@@]2(CCCN(C(=O)Cc3noc4ccccc34)CC2)OC1=O. The predicted molar refractivity (Wildman–Crippen MR) is 90.0 cm³/mol. The van der Waals surface area contributed by atoms with Crippen LogP contribution in [0, 0.1) is 0 Å². The van der Waals surface area contributed by atoms with Crippen LogP contribution in [-0.2, 0) is 16.0 Å². The Balaban J connectivity index is 1.44. The highest BCUT2D eigenvalue weighted by Crippen LogP contribution is 2.32. The maximum absolute atomic E-state index is 12.7. The van der Waals surface area contributed by atoms with E-state index in [1.807, 2.05) is 29.2 Å². The van der Waals surface area contributed by atoms with Crippen molar-refractivity contribution in [2.45, 2.75) is 31.3 Å². The number of nitrogens with zero attached hydrogens (tertiary/aromatic N) is 3. The first-order valence-electron chi connectivity index (χ1n) is 8.62. The molecule has 2 saturated heterocycles. The van der Waals surface area contributed by atoms with Crippen molar-refractivity contribution in [2.24, 2.45) is 0 Å². The highest BCUT2D eigenvalue weighted by molar-refractivity contribution is 5.86. The average molecular weight is 343 g/mol. The Hall–Kier alpha value is -2.57. The van der Waals surface area contributed by atoms with E-state index >= 15 is 0 Å². The van der Waals surface area contributed by atoms with Crippen LogP contribution in [0.25, 0.3) is 11.0 Å². The number of aromatic nitrogens is 1. The van der Waals surface area contributed by atoms with Gasteiger partial charge in [0.05, 0.1) is 13.0 Å². The van der Waals surface area contributed by atoms with Crippen molar-refractivity contribution in [3.05, 3.63) is 30.0 Å². The maximum Gasteiger partial charge on any atom is 0.410 e. The smallest absolute Gasteiger partial charge is 0.410 e. The Morgan fingerprint density at radius 2 is 2.12 bits per heavy atom. The molecular weight excluding hydrogens is 322 g/mol. The van der Waals surface area contributed by atoms with E-state index in [2.05, 4.69) is 5.16 Å². The molecule has 1 spiro atoms. The number of carbonyl (C=O) groups excluding carboxylic acids is 2. The summed E-state index contributed by atoms with van der Waals surface area (Å²) in [6.07, 6.45) is 2.25. The topological polar surface area (TPSA) is 75.9 Å². The number of hydrogen-bond acceptors (Lipinski definition) is 5. The van der Waals surface area contributed by atoms with Gasteiger partial charge in [-0.15, -0.1) is 0 Å². The average Bonchev–Trinajstić information content (AvgIpc) is 3.04. The number of hydrogen-bond donors (Lipinski definition) is 0. The fraction of sp³-hybridized carbons (Fsp3) is 0.500. The second-order valence-corrected chi connectivity index (χ2v) is 6.94. The summed E-state index contributed by atoms with van der Waals surface area (Å²) in [5, 5.41) is 4.93. The lowest BCUT2D eigenvalue weighted by atomic mass is 9.95. The van der Waals surface area contributed by atoms with Gasteiger partial charge in [0.2, 0.25) is 5.91 Å². The molecule has 7 nitrogen and oxygen atoms in total. The molecule has 0 unspecified atom stereocenters.